The van der Waals surface area contributed by atoms with Gasteiger partial charge in [-0.3, -0.25) is 9.78 Å². The highest BCUT2D eigenvalue weighted by atomic mass is 32.1. The second-order valence-corrected chi connectivity index (χ2v) is 4.69. The Kier molecular flexibility index (Phi) is 2.64. The van der Waals surface area contributed by atoms with Gasteiger partial charge in [0.15, 0.2) is 5.78 Å². The van der Waals surface area contributed by atoms with E-state index in [2.05, 4.69) is 24.0 Å². The smallest absolute Gasteiger partial charge is 0.178 e. The average molecular weight is 217 g/mol. The van der Waals surface area contributed by atoms with Crippen LogP contribution in [0.5, 0.6) is 0 Å². The van der Waals surface area contributed by atoms with Crippen LogP contribution in [0.4, 0.5) is 0 Å². The first-order valence-electron chi connectivity index (χ1n) is 4.70. The molecule has 0 unspecified atom stereocenters. The van der Waals surface area contributed by atoms with Crippen LogP contribution in [0.3, 0.4) is 0 Å². The minimum Gasteiger partial charge on any atom is -0.293 e. The number of pyridine rings is 1. The Labute approximate surface area is 92.6 Å². The van der Waals surface area contributed by atoms with E-state index in [-0.39, 0.29) is 5.78 Å². The molecule has 0 aliphatic carbocycles. The van der Waals surface area contributed by atoms with Crippen LogP contribution in [0.25, 0.3) is 10.4 Å². The molecular formula is C12H11NOS. The van der Waals surface area contributed by atoms with Crippen molar-refractivity contribution in [3.05, 3.63) is 41.0 Å². The lowest BCUT2D eigenvalue weighted by molar-refractivity contribution is 0.101. The van der Waals surface area contributed by atoms with Gasteiger partial charge in [0, 0.05) is 28.4 Å². The van der Waals surface area contributed by atoms with Gasteiger partial charge in [-0.1, -0.05) is 0 Å². The third-order valence-electron chi connectivity index (χ3n) is 2.15. The van der Waals surface area contributed by atoms with E-state index in [4.69, 9.17) is 0 Å². The average Bonchev–Trinajstić information content (AvgIpc) is 2.65. The maximum atomic E-state index is 11.0. The summed E-state index contributed by atoms with van der Waals surface area (Å²) in [6, 6.07) is 7.87. The normalized spacial score (nSPS) is 10.3. The lowest BCUT2D eigenvalue weighted by Gasteiger charge is -1.98. The van der Waals surface area contributed by atoms with Crippen molar-refractivity contribution in [2.75, 3.05) is 0 Å². The molecule has 0 atom stereocenters. The number of nitrogens with zero attached hydrogens (tertiary/aromatic N) is 1. The molecule has 2 heterocycles. The summed E-state index contributed by atoms with van der Waals surface area (Å²) in [5.41, 5.74) is 1.59. The molecule has 0 spiro atoms. The standard InChI is InChI=1S/C12H11NOS/c1-8-3-6-12(15-8)10-4-5-11(9(2)14)13-7-10/h3-7H,1-2H3. The zero-order valence-corrected chi connectivity index (χ0v) is 9.47. The molecule has 2 nitrogen and oxygen atoms in total. The number of Topliss-reactive ketones (excluding diaryl/α,β-unsaturated/α-hetero) is 1. The highest BCUT2D eigenvalue weighted by Gasteiger charge is 2.03. The predicted molar refractivity (Wildman–Crippen MR) is 62.3 cm³/mol. The summed E-state index contributed by atoms with van der Waals surface area (Å²) >= 11 is 1.73. The number of aryl methyl sites for hydroxylation is 1. The van der Waals surface area contributed by atoms with E-state index in [0.717, 1.165) is 5.56 Å². The Bertz CT molecular complexity index is 485. The van der Waals surface area contributed by atoms with E-state index in [1.165, 1.54) is 16.7 Å². The number of carbonyl (C=O) groups excluding carboxylic acids is 1. The Morgan fingerprint density at radius 1 is 1.27 bits per heavy atom. The van der Waals surface area contributed by atoms with Gasteiger partial charge in [0.25, 0.3) is 0 Å². The molecule has 76 valence electrons. The predicted octanol–water partition coefficient (Wildman–Crippen LogP) is 3.32. The Hall–Kier alpha value is -1.48. The second-order valence-electron chi connectivity index (χ2n) is 3.40. The van der Waals surface area contributed by atoms with Crippen molar-refractivity contribution in [1.82, 2.24) is 4.98 Å². The molecule has 0 bridgehead atoms. The summed E-state index contributed by atoms with van der Waals surface area (Å²) in [4.78, 5) is 17.6. The summed E-state index contributed by atoms with van der Waals surface area (Å²) in [7, 11) is 0. The van der Waals surface area contributed by atoms with Crippen LogP contribution in [0.1, 0.15) is 22.3 Å². The van der Waals surface area contributed by atoms with Gasteiger partial charge in [0.05, 0.1) is 0 Å². The van der Waals surface area contributed by atoms with Gasteiger partial charge in [-0.15, -0.1) is 11.3 Å². The monoisotopic (exact) mass is 217 g/mol. The largest absolute Gasteiger partial charge is 0.293 e. The number of carbonyl (C=O) groups is 1. The zero-order chi connectivity index (χ0) is 10.8. The molecule has 2 rings (SSSR count). The number of ketones is 1. The van der Waals surface area contributed by atoms with Crippen LogP contribution in [0.2, 0.25) is 0 Å². The summed E-state index contributed by atoms with van der Waals surface area (Å²) in [5.74, 6) is 0.00362. The number of hydrogen-bond donors (Lipinski definition) is 0. The van der Waals surface area contributed by atoms with E-state index < -0.39 is 0 Å². The topological polar surface area (TPSA) is 30.0 Å². The summed E-state index contributed by atoms with van der Waals surface area (Å²) in [6.07, 6.45) is 1.75. The molecule has 0 aliphatic heterocycles. The lowest BCUT2D eigenvalue weighted by atomic mass is 10.2. The first kappa shape index (κ1) is 10.1. The zero-order valence-electron chi connectivity index (χ0n) is 8.65. The summed E-state index contributed by atoms with van der Waals surface area (Å²) < 4.78 is 0. The van der Waals surface area contributed by atoms with Crippen LogP contribution in [0.15, 0.2) is 30.5 Å². The molecule has 0 fully saturated rings. The highest BCUT2D eigenvalue weighted by molar-refractivity contribution is 7.15. The molecule has 2 aromatic heterocycles. The van der Waals surface area contributed by atoms with Gasteiger partial charge in [0.1, 0.15) is 5.69 Å². The van der Waals surface area contributed by atoms with Gasteiger partial charge in [-0.25, -0.2) is 0 Å². The van der Waals surface area contributed by atoms with Gasteiger partial charge in [0.2, 0.25) is 0 Å². The number of aromatic nitrogens is 1. The van der Waals surface area contributed by atoms with Crippen molar-refractivity contribution >= 4 is 17.1 Å². The lowest BCUT2D eigenvalue weighted by Crippen LogP contribution is -1.95. The van der Waals surface area contributed by atoms with Crippen molar-refractivity contribution in [3.63, 3.8) is 0 Å². The molecule has 0 aromatic carbocycles. The number of rotatable bonds is 2. The minimum atomic E-state index is 0.00362. The Balaban J connectivity index is 2.35. The molecule has 2 aromatic rings. The fourth-order valence-corrected chi connectivity index (χ4v) is 2.20. The van der Waals surface area contributed by atoms with Crippen LogP contribution < -0.4 is 0 Å². The van der Waals surface area contributed by atoms with E-state index in [1.54, 1.807) is 23.6 Å². The second kappa shape index (κ2) is 3.95. The quantitative estimate of drug-likeness (QED) is 0.722. The summed E-state index contributed by atoms with van der Waals surface area (Å²) in [5, 5.41) is 0. The van der Waals surface area contributed by atoms with E-state index in [9.17, 15) is 4.79 Å². The molecule has 0 aliphatic rings. The third-order valence-corrected chi connectivity index (χ3v) is 3.20. The van der Waals surface area contributed by atoms with E-state index in [0.29, 0.717) is 5.69 Å². The number of hydrogen-bond acceptors (Lipinski definition) is 3. The Morgan fingerprint density at radius 2 is 2.07 bits per heavy atom. The van der Waals surface area contributed by atoms with Gasteiger partial charge < -0.3 is 0 Å². The van der Waals surface area contributed by atoms with Crippen molar-refractivity contribution in [1.29, 1.82) is 0 Å². The van der Waals surface area contributed by atoms with Crippen LogP contribution >= 0.6 is 11.3 Å². The van der Waals surface area contributed by atoms with Gasteiger partial charge in [-0.05, 0) is 31.2 Å². The van der Waals surface area contributed by atoms with Crippen LogP contribution in [-0.2, 0) is 0 Å². The van der Waals surface area contributed by atoms with Crippen LogP contribution in [0, 0.1) is 6.92 Å². The highest BCUT2D eigenvalue weighted by Crippen LogP contribution is 2.26. The van der Waals surface area contributed by atoms with Gasteiger partial charge >= 0.3 is 0 Å². The SMILES string of the molecule is CC(=O)c1ccc(-c2ccc(C)s2)cn1. The minimum absolute atomic E-state index is 0.00362. The molecule has 15 heavy (non-hydrogen) atoms. The van der Waals surface area contributed by atoms with Crippen molar-refractivity contribution < 1.29 is 4.79 Å². The van der Waals surface area contributed by atoms with E-state index in [1.807, 2.05) is 6.07 Å². The molecule has 0 saturated heterocycles. The molecule has 3 heteroatoms. The van der Waals surface area contributed by atoms with E-state index >= 15 is 0 Å². The number of thiophene rings is 1. The first-order chi connectivity index (χ1) is 7.16. The molecular weight excluding hydrogens is 206 g/mol. The molecule has 0 radical (unpaired) electrons. The molecule has 0 amide bonds. The van der Waals surface area contributed by atoms with Crippen molar-refractivity contribution in [2.45, 2.75) is 13.8 Å². The Morgan fingerprint density at radius 3 is 2.53 bits per heavy atom. The maximum Gasteiger partial charge on any atom is 0.178 e. The van der Waals surface area contributed by atoms with Crippen molar-refractivity contribution in [3.8, 4) is 10.4 Å². The summed E-state index contributed by atoms with van der Waals surface area (Å²) in [6.45, 7) is 3.60. The van der Waals surface area contributed by atoms with Crippen molar-refractivity contribution in [2.24, 2.45) is 0 Å². The fraction of sp³-hybridized carbons (Fsp3) is 0.167. The fourth-order valence-electron chi connectivity index (χ4n) is 1.34. The molecule has 0 saturated carbocycles. The van der Waals surface area contributed by atoms with Gasteiger partial charge in [-0.2, -0.15) is 0 Å². The maximum absolute atomic E-state index is 11.0. The third kappa shape index (κ3) is 2.13. The first-order valence-corrected chi connectivity index (χ1v) is 5.52. The van der Waals surface area contributed by atoms with Crippen LogP contribution in [-0.4, -0.2) is 10.8 Å². The molecule has 0 N–H and O–H groups in total.